The largest absolute Gasteiger partial charge is 0.347 e. The average Bonchev–Trinajstić information content (AvgIpc) is 3.32. The second-order valence-corrected chi connectivity index (χ2v) is 6.97. The number of hydrogen-bond acceptors (Lipinski definition) is 6. The van der Waals surface area contributed by atoms with E-state index in [4.69, 9.17) is 4.52 Å². The highest BCUT2D eigenvalue weighted by Gasteiger charge is 2.27. The number of benzene rings is 1. The molecule has 3 heterocycles. The predicted molar refractivity (Wildman–Crippen MR) is 99.9 cm³/mol. The molecule has 9 nitrogen and oxygen atoms in total. The van der Waals surface area contributed by atoms with Crippen molar-refractivity contribution in [2.75, 3.05) is 13.1 Å². The van der Waals surface area contributed by atoms with Crippen molar-refractivity contribution in [2.24, 2.45) is 5.92 Å². The highest BCUT2D eigenvalue weighted by Crippen LogP contribution is 2.19. The van der Waals surface area contributed by atoms with Crippen molar-refractivity contribution in [1.82, 2.24) is 29.9 Å². The Labute approximate surface area is 161 Å². The van der Waals surface area contributed by atoms with Crippen molar-refractivity contribution in [3.8, 4) is 0 Å². The molecule has 0 spiro atoms. The molecule has 2 aromatic heterocycles. The number of nitrogens with one attached hydrogen (secondary N) is 1. The summed E-state index contributed by atoms with van der Waals surface area (Å²) in [6, 6.07) is 7.74. The Balaban J connectivity index is 1.27. The zero-order chi connectivity index (χ0) is 19.5. The van der Waals surface area contributed by atoms with Gasteiger partial charge >= 0.3 is 0 Å². The third-order valence-electron chi connectivity index (χ3n) is 5.03. The van der Waals surface area contributed by atoms with Crippen LogP contribution in [0.3, 0.4) is 0 Å². The summed E-state index contributed by atoms with van der Waals surface area (Å²) in [5.41, 5.74) is 1.82. The number of para-hydroxylation sites is 2. The van der Waals surface area contributed by atoms with E-state index in [9.17, 15) is 9.59 Å². The number of hydrogen-bond donors (Lipinski definition) is 1. The molecule has 1 aromatic carbocycles. The minimum Gasteiger partial charge on any atom is -0.347 e. The Kier molecular flexibility index (Phi) is 5.05. The number of carbonyl (C=O) groups is 2. The fourth-order valence-electron chi connectivity index (χ4n) is 3.49. The molecular formula is C19H22N6O3. The Morgan fingerprint density at radius 2 is 2.04 bits per heavy atom. The van der Waals surface area contributed by atoms with Crippen LogP contribution in [-0.4, -0.2) is 49.5 Å². The van der Waals surface area contributed by atoms with E-state index in [1.54, 1.807) is 13.3 Å². The van der Waals surface area contributed by atoms with Crippen LogP contribution in [0.2, 0.25) is 0 Å². The molecule has 0 unspecified atom stereocenters. The SMILES string of the molecule is Cc1noc(CNC(=O)C2CCN(C(=O)Cn3cnc4ccccc43)CC2)n1. The zero-order valence-corrected chi connectivity index (χ0v) is 15.7. The van der Waals surface area contributed by atoms with Gasteiger partial charge in [0.05, 0.1) is 23.9 Å². The van der Waals surface area contributed by atoms with E-state index in [1.165, 1.54) is 0 Å². The van der Waals surface area contributed by atoms with Gasteiger partial charge in [-0.1, -0.05) is 17.3 Å². The van der Waals surface area contributed by atoms with Gasteiger partial charge in [0, 0.05) is 19.0 Å². The number of fused-ring (bicyclic) bond motifs is 1. The lowest BCUT2D eigenvalue weighted by Gasteiger charge is -2.31. The van der Waals surface area contributed by atoms with Gasteiger partial charge in [0.2, 0.25) is 17.7 Å². The number of amides is 2. The van der Waals surface area contributed by atoms with Gasteiger partial charge in [0.25, 0.3) is 0 Å². The van der Waals surface area contributed by atoms with Gasteiger partial charge in [-0.15, -0.1) is 0 Å². The first-order valence-electron chi connectivity index (χ1n) is 9.34. The van der Waals surface area contributed by atoms with Crippen LogP contribution in [0, 0.1) is 12.8 Å². The standard InChI is InChI=1S/C19H22N6O3/c1-13-22-17(28-23-13)10-20-19(27)14-6-8-24(9-7-14)18(26)11-25-12-21-15-4-2-3-5-16(15)25/h2-5,12,14H,6-11H2,1H3,(H,20,27). The maximum absolute atomic E-state index is 12.6. The highest BCUT2D eigenvalue weighted by molar-refractivity contribution is 5.81. The number of carbonyl (C=O) groups excluding carboxylic acids is 2. The molecule has 1 aliphatic heterocycles. The molecule has 1 fully saturated rings. The van der Waals surface area contributed by atoms with E-state index in [-0.39, 0.29) is 30.8 Å². The fraction of sp³-hybridized carbons (Fsp3) is 0.421. The molecule has 0 radical (unpaired) electrons. The molecule has 0 bridgehead atoms. The highest BCUT2D eigenvalue weighted by atomic mass is 16.5. The number of piperidine rings is 1. The second kappa shape index (κ2) is 7.79. The molecule has 146 valence electrons. The quantitative estimate of drug-likeness (QED) is 0.713. The number of nitrogens with zero attached hydrogens (tertiary/aromatic N) is 5. The Bertz CT molecular complexity index is 986. The van der Waals surface area contributed by atoms with Gasteiger partial charge < -0.3 is 19.3 Å². The monoisotopic (exact) mass is 382 g/mol. The Morgan fingerprint density at radius 1 is 1.25 bits per heavy atom. The predicted octanol–water partition coefficient (Wildman–Crippen LogP) is 1.28. The van der Waals surface area contributed by atoms with Gasteiger partial charge in [-0.2, -0.15) is 4.98 Å². The van der Waals surface area contributed by atoms with Crippen molar-refractivity contribution >= 4 is 22.8 Å². The molecule has 9 heteroatoms. The van der Waals surface area contributed by atoms with Crippen LogP contribution in [0.25, 0.3) is 11.0 Å². The lowest BCUT2D eigenvalue weighted by Crippen LogP contribution is -2.44. The topological polar surface area (TPSA) is 106 Å². The fourth-order valence-corrected chi connectivity index (χ4v) is 3.49. The molecule has 3 aromatic rings. The van der Waals surface area contributed by atoms with Crippen molar-refractivity contribution in [1.29, 1.82) is 0 Å². The van der Waals surface area contributed by atoms with Crippen LogP contribution < -0.4 is 5.32 Å². The van der Waals surface area contributed by atoms with E-state index in [0.29, 0.717) is 37.6 Å². The summed E-state index contributed by atoms with van der Waals surface area (Å²) in [6.45, 7) is 3.36. The van der Waals surface area contributed by atoms with Crippen LogP contribution >= 0.6 is 0 Å². The zero-order valence-electron chi connectivity index (χ0n) is 15.7. The molecule has 2 amide bonds. The van der Waals surface area contributed by atoms with Gasteiger partial charge in [0.1, 0.15) is 6.54 Å². The summed E-state index contributed by atoms with van der Waals surface area (Å²) in [5, 5.41) is 6.53. The second-order valence-electron chi connectivity index (χ2n) is 6.97. The third kappa shape index (κ3) is 3.88. The van der Waals surface area contributed by atoms with E-state index in [0.717, 1.165) is 11.0 Å². The van der Waals surface area contributed by atoms with Crippen LogP contribution in [-0.2, 0) is 22.7 Å². The molecule has 1 aliphatic rings. The molecule has 1 saturated heterocycles. The lowest BCUT2D eigenvalue weighted by atomic mass is 9.96. The van der Waals surface area contributed by atoms with Crippen LogP contribution in [0.1, 0.15) is 24.6 Å². The van der Waals surface area contributed by atoms with Crippen LogP contribution in [0.5, 0.6) is 0 Å². The summed E-state index contributed by atoms with van der Waals surface area (Å²) in [5.74, 6) is 0.835. The van der Waals surface area contributed by atoms with Crippen LogP contribution in [0.4, 0.5) is 0 Å². The first-order valence-corrected chi connectivity index (χ1v) is 9.34. The molecule has 1 N–H and O–H groups in total. The van der Waals surface area contributed by atoms with Gasteiger partial charge in [0.15, 0.2) is 5.82 Å². The Morgan fingerprint density at radius 3 is 2.79 bits per heavy atom. The van der Waals surface area contributed by atoms with E-state index < -0.39 is 0 Å². The summed E-state index contributed by atoms with van der Waals surface area (Å²) in [4.78, 5) is 35.2. The van der Waals surface area contributed by atoms with Gasteiger partial charge in [-0.05, 0) is 31.9 Å². The number of likely N-dealkylation sites (tertiary alicyclic amines) is 1. The summed E-state index contributed by atoms with van der Waals surface area (Å²) >= 11 is 0. The molecular weight excluding hydrogens is 360 g/mol. The van der Waals surface area contributed by atoms with Gasteiger partial charge in [-0.3, -0.25) is 9.59 Å². The number of imidazole rings is 1. The van der Waals surface area contributed by atoms with Crippen molar-refractivity contribution in [3.05, 3.63) is 42.3 Å². The molecule has 0 atom stereocenters. The first-order chi connectivity index (χ1) is 13.6. The Hall–Kier alpha value is -3.23. The van der Waals surface area contributed by atoms with Crippen LogP contribution in [0.15, 0.2) is 35.1 Å². The summed E-state index contributed by atoms with van der Waals surface area (Å²) in [6.07, 6.45) is 2.98. The molecule has 0 aliphatic carbocycles. The van der Waals surface area contributed by atoms with Crippen molar-refractivity contribution in [3.63, 3.8) is 0 Å². The molecule has 4 rings (SSSR count). The van der Waals surface area contributed by atoms with E-state index >= 15 is 0 Å². The average molecular weight is 382 g/mol. The number of rotatable bonds is 5. The van der Waals surface area contributed by atoms with Crippen molar-refractivity contribution in [2.45, 2.75) is 32.9 Å². The number of aryl methyl sites for hydroxylation is 1. The summed E-state index contributed by atoms with van der Waals surface area (Å²) < 4.78 is 6.86. The third-order valence-corrected chi connectivity index (χ3v) is 5.03. The molecule has 28 heavy (non-hydrogen) atoms. The van der Waals surface area contributed by atoms with Crippen molar-refractivity contribution < 1.29 is 14.1 Å². The van der Waals surface area contributed by atoms with E-state index in [2.05, 4.69) is 20.4 Å². The first kappa shape index (κ1) is 18.1. The molecule has 0 saturated carbocycles. The van der Waals surface area contributed by atoms with Gasteiger partial charge in [-0.25, -0.2) is 4.98 Å². The maximum Gasteiger partial charge on any atom is 0.246 e. The van der Waals surface area contributed by atoms with E-state index in [1.807, 2.05) is 33.7 Å². The normalized spacial score (nSPS) is 15.1. The smallest absolute Gasteiger partial charge is 0.246 e. The minimum absolute atomic E-state index is 0.0384. The minimum atomic E-state index is -0.109. The number of aromatic nitrogens is 4. The maximum atomic E-state index is 12.6. The lowest BCUT2D eigenvalue weighted by molar-refractivity contribution is -0.136. The summed E-state index contributed by atoms with van der Waals surface area (Å²) in [7, 11) is 0.